The van der Waals surface area contributed by atoms with Crippen molar-refractivity contribution < 1.29 is 9.13 Å². The Morgan fingerprint density at radius 1 is 1.54 bits per heavy atom. The molecule has 0 spiro atoms. The Kier molecular flexibility index (Phi) is 3.39. The van der Waals surface area contributed by atoms with E-state index in [9.17, 15) is 4.39 Å². The maximum absolute atomic E-state index is 13.4. The summed E-state index contributed by atoms with van der Waals surface area (Å²) in [5.74, 6) is -0.347. The number of halogens is 3. The van der Waals surface area contributed by atoms with Gasteiger partial charge in [-0.25, -0.2) is 4.39 Å². The first-order valence-corrected chi connectivity index (χ1v) is 5.34. The largest absolute Gasteiger partial charge is 0.492 e. The van der Waals surface area contributed by atoms with Crippen molar-refractivity contribution in [1.29, 1.82) is 0 Å². The van der Waals surface area contributed by atoms with Crippen LogP contribution in [0.2, 0.25) is 0 Å². The second-order valence-electron chi connectivity index (χ2n) is 2.51. The Hall–Kier alpha value is -0.0400. The number of methoxy groups -OCH3 is 1. The average Bonchev–Trinajstić information content (AvgIpc) is 2.13. The number of benzene rings is 1. The molecule has 0 aliphatic carbocycles. The number of hydrogen-bond donors (Lipinski definition) is 1. The first-order chi connectivity index (χ1) is 6.00. The molecule has 1 aromatic rings. The van der Waals surface area contributed by atoms with Crippen LogP contribution >= 0.6 is 38.5 Å². The summed E-state index contributed by atoms with van der Waals surface area (Å²) in [5.41, 5.74) is 6.81. The van der Waals surface area contributed by atoms with Crippen molar-refractivity contribution in [3.8, 4) is 5.75 Å². The van der Waals surface area contributed by atoms with Gasteiger partial charge >= 0.3 is 0 Å². The van der Waals surface area contributed by atoms with Gasteiger partial charge in [-0.3, -0.25) is 0 Å². The predicted octanol–water partition coefficient (Wildman–Crippen LogP) is 3.09. The number of anilines is 1. The van der Waals surface area contributed by atoms with Crippen LogP contribution in [-0.4, -0.2) is 7.11 Å². The molecule has 0 saturated heterocycles. The van der Waals surface area contributed by atoms with Crippen LogP contribution in [-0.2, 0) is 0 Å². The summed E-state index contributed by atoms with van der Waals surface area (Å²) in [6.45, 7) is 1.80. The summed E-state index contributed by atoms with van der Waals surface area (Å²) in [5, 5.41) is 0. The number of hydrogen-bond acceptors (Lipinski definition) is 2. The molecular formula is C8H8BrFINO. The Labute approximate surface area is 97.9 Å². The Balaban J connectivity index is 3.56. The van der Waals surface area contributed by atoms with Gasteiger partial charge in [0.1, 0.15) is 0 Å². The van der Waals surface area contributed by atoms with Gasteiger partial charge in [-0.05, 0) is 51.0 Å². The van der Waals surface area contributed by atoms with Crippen LogP contribution in [0.1, 0.15) is 5.56 Å². The molecule has 0 heterocycles. The topological polar surface area (TPSA) is 35.2 Å². The maximum atomic E-state index is 13.4. The van der Waals surface area contributed by atoms with Gasteiger partial charge in [-0.15, -0.1) is 0 Å². The molecule has 0 saturated carbocycles. The van der Waals surface area contributed by atoms with Crippen LogP contribution in [0, 0.1) is 16.3 Å². The molecule has 2 N–H and O–H groups in total. The molecule has 0 bridgehead atoms. The third-order valence-electron chi connectivity index (χ3n) is 1.74. The minimum Gasteiger partial charge on any atom is -0.492 e. The highest BCUT2D eigenvalue weighted by atomic mass is 127. The van der Waals surface area contributed by atoms with Crippen molar-refractivity contribution in [2.24, 2.45) is 0 Å². The summed E-state index contributed by atoms with van der Waals surface area (Å²) in [6, 6.07) is 0. The van der Waals surface area contributed by atoms with E-state index < -0.39 is 5.82 Å². The standard InChI is InChI=1S/C8H8BrFINO/c1-3-4(9)5(10)8(13-2)7(12)6(3)11/h12H2,1-2H3. The van der Waals surface area contributed by atoms with Crippen molar-refractivity contribution >= 4 is 44.2 Å². The van der Waals surface area contributed by atoms with Gasteiger partial charge < -0.3 is 10.5 Å². The molecule has 0 unspecified atom stereocenters. The second kappa shape index (κ2) is 4.00. The molecule has 72 valence electrons. The number of nitrogen functional groups attached to an aromatic ring is 1. The summed E-state index contributed by atoms with van der Waals surface area (Å²) in [7, 11) is 1.40. The Bertz CT molecular complexity index is 327. The van der Waals surface area contributed by atoms with E-state index in [-0.39, 0.29) is 5.75 Å². The molecule has 0 aliphatic heterocycles. The normalized spacial score (nSPS) is 10.2. The lowest BCUT2D eigenvalue weighted by Crippen LogP contribution is -2.01. The monoisotopic (exact) mass is 359 g/mol. The summed E-state index contributed by atoms with van der Waals surface area (Å²) >= 11 is 5.20. The van der Waals surface area contributed by atoms with Gasteiger partial charge in [0.25, 0.3) is 0 Å². The van der Waals surface area contributed by atoms with Gasteiger partial charge in [0.2, 0.25) is 0 Å². The fraction of sp³-hybridized carbons (Fsp3) is 0.250. The molecule has 2 nitrogen and oxygen atoms in total. The van der Waals surface area contributed by atoms with E-state index in [4.69, 9.17) is 10.5 Å². The van der Waals surface area contributed by atoms with Crippen LogP contribution in [0.3, 0.4) is 0 Å². The molecular weight excluding hydrogens is 352 g/mol. The van der Waals surface area contributed by atoms with Crippen molar-refractivity contribution in [2.75, 3.05) is 12.8 Å². The molecule has 5 heteroatoms. The molecule has 0 fully saturated rings. The van der Waals surface area contributed by atoms with Gasteiger partial charge in [0.15, 0.2) is 11.6 Å². The second-order valence-corrected chi connectivity index (χ2v) is 4.39. The Morgan fingerprint density at radius 3 is 2.54 bits per heavy atom. The van der Waals surface area contributed by atoms with E-state index in [0.29, 0.717) is 10.2 Å². The van der Waals surface area contributed by atoms with Crippen molar-refractivity contribution in [1.82, 2.24) is 0 Å². The molecule has 1 aromatic carbocycles. The summed E-state index contributed by atoms with van der Waals surface area (Å²) < 4.78 is 19.5. The lowest BCUT2D eigenvalue weighted by molar-refractivity contribution is 0.387. The third kappa shape index (κ3) is 1.76. The Morgan fingerprint density at radius 2 is 2.08 bits per heavy atom. The molecule has 1 rings (SSSR count). The van der Waals surface area contributed by atoms with E-state index in [0.717, 1.165) is 9.13 Å². The zero-order valence-electron chi connectivity index (χ0n) is 7.12. The summed E-state index contributed by atoms with van der Waals surface area (Å²) in [6.07, 6.45) is 0. The highest BCUT2D eigenvalue weighted by Crippen LogP contribution is 2.38. The van der Waals surface area contributed by atoms with Gasteiger partial charge in [-0.2, -0.15) is 0 Å². The lowest BCUT2D eigenvalue weighted by Gasteiger charge is -2.12. The van der Waals surface area contributed by atoms with Crippen molar-refractivity contribution in [3.05, 3.63) is 19.4 Å². The SMILES string of the molecule is COc1c(N)c(I)c(C)c(Br)c1F. The van der Waals surface area contributed by atoms with Gasteiger partial charge in [-0.1, -0.05) is 0 Å². The number of rotatable bonds is 1. The third-order valence-corrected chi connectivity index (χ3v) is 4.07. The van der Waals surface area contributed by atoms with E-state index in [1.54, 1.807) is 6.92 Å². The zero-order chi connectivity index (χ0) is 10.2. The maximum Gasteiger partial charge on any atom is 0.181 e. The zero-order valence-corrected chi connectivity index (χ0v) is 10.9. The molecule has 0 aliphatic rings. The first-order valence-electron chi connectivity index (χ1n) is 3.47. The smallest absolute Gasteiger partial charge is 0.181 e. The molecule has 13 heavy (non-hydrogen) atoms. The van der Waals surface area contributed by atoms with Crippen LogP contribution < -0.4 is 10.5 Å². The fourth-order valence-electron chi connectivity index (χ4n) is 0.980. The van der Waals surface area contributed by atoms with Crippen molar-refractivity contribution in [2.45, 2.75) is 6.92 Å². The highest BCUT2D eigenvalue weighted by Gasteiger charge is 2.17. The van der Waals surface area contributed by atoms with Crippen LogP contribution in [0.5, 0.6) is 5.75 Å². The number of ether oxygens (including phenoxy) is 1. The molecule has 0 atom stereocenters. The fourth-order valence-corrected chi connectivity index (χ4v) is 2.24. The van der Waals surface area contributed by atoms with E-state index in [1.807, 2.05) is 0 Å². The van der Waals surface area contributed by atoms with E-state index in [1.165, 1.54) is 7.11 Å². The quantitative estimate of drug-likeness (QED) is 0.475. The summed E-state index contributed by atoms with van der Waals surface area (Å²) in [4.78, 5) is 0. The van der Waals surface area contributed by atoms with Gasteiger partial charge in [0, 0.05) is 3.57 Å². The molecule has 0 amide bonds. The van der Waals surface area contributed by atoms with Crippen molar-refractivity contribution in [3.63, 3.8) is 0 Å². The van der Waals surface area contributed by atoms with Crippen LogP contribution in [0.25, 0.3) is 0 Å². The van der Waals surface area contributed by atoms with Crippen LogP contribution in [0.4, 0.5) is 10.1 Å². The first kappa shape index (κ1) is 11.0. The predicted molar refractivity (Wildman–Crippen MR) is 62.5 cm³/mol. The minimum atomic E-state index is -0.446. The molecule has 0 aromatic heterocycles. The van der Waals surface area contributed by atoms with E-state index >= 15 is 0 Å². The minimum absolute atomic E-state index is 0.0990. The van der Waals surface area contributed by atoms with E-state index in [2.05, 4.69) is 38.5 Å². The van der Waals surface area contributed by atoms with Gasteiger partial charge in [0.05, 0.1) is 17.3 Å². The highest BCUT2D eigenvalue weighted by molar-refractivity contribution is 14.1. The lowest BCUT2D eigenvalue weighted by atomic mass is 10.2. The molecule has 0 radical (unpaired) electrons. The average molecular weight is 360 g/mol. The number of nitrogens with two attached hydrogens (primary N) is 1. The van der Waals surface area contributed by atoms with Crippen LogP contribution in [0.15, 0.2) is 4.47 Å².